The second-order valence-corrected chi connectivity index (χ2v) is 5.57. The fraction of sp³-hybridized carbons (Fsp3) is 0.750. The van der Waals surface area contributed by atoms with Gasteiger partial charge in [0.1, 0.15) is 11.6 Å². The predicted octanol–water partition coefficient (Wildman–Crippen LogP) is 1.31. The molecule has 0 aromatic carbocycles. The monoisotopic (exact) mass is 273 g/mol. The summed E-state index contributed by atoms with van der Waals surface area (Å²) in [6.07, 6.45) is -0.457. The zero-order valence-electron chi connectivity index (χ0n) is 11.3. The molecule has 0 unspecified atom stereocenters. The zero-order chi connectivity index (χ0) is 14.8. The average molecular weight is 273 g/mol. The van der Waals surface area contributed by atoms with Crippen LogP contribution in [0.3, 0.4) is 0 Å². The van der Waals surface area contributed by atoms with E-state index in [1.54, 1.807) is 20.8 Å². The van der Waals surface area contributed by atoms with Crippen molar-refractivity contribution in [1.82, 2.24) is 4.90 Å². The minimum Gasteiger partial charge on any atom is -0.481 e. The van der Waals surface area contributed by atoms with Gasteiger partial charge in [0.05, 0.1) is 6.42 Å². The summed E-state index contributed by atoms with van der Waals surface area (Å²) in [4.78, 5) is 34.9. The molecule has 1 heterocycles. The molecule has 1 aliphatic heterocycles. The SMILES string of the molecule is CC(C)(C)OC(=O)N1[C@@H](CC(=O)O)CC[C@H]1C(=O)O. The quantitative estimate of drug-likeness (QED) is 0.803. The Morgan fingerprint density at radius 3 is 2.21 bits per heavy atom. The maximum atomic E-state index is 12.0. The Hall–Kier alpha value is -1.79. The largest absolute Gasteiger partial charge is 0.481 e. The molecule has 1 aliphatic rings. The number of rotatable bonds is 3. The summed E-state index contributed by atoms with van der Waals surface area (Å²) >= 11 is 0. The van der Waals surface area contributed by atoms with Crippen molar-refractivity contribution in [3.8, 4) is 0 Å². The highest BCUT2D eigenvalue weighted by molar-refractivity contribution is 5.82. The Bertz CT molecular complexity index is 386. The van der Waals surface area contributed by atoms with Crippen molar-refractivity contribution in [2.45, 2.75) is 57.7 Å². The molecule has 1 fully saturated rings. The number of likely N-dealkylation sites (tertiary alicyclic amines) is 1. The number of aliphatic carboxylic acids is 2. The van der Waals surface area contributed by atoms with Crippen molar-refractivity contribution in [3.05, 3.63) is 0 Å². The molecule has 108 valence electrons. The Kier molecular flexibility index (Phi) is 4.39. The van der Waals surface area contributed by atoms with Gasteiger partial charge in [-0.05, 0) is 33.6 Å². The first-order valence-corrected chi connectivity index (χ1v) is 6.07. The lowest BCUT2D eigenvalue weighted by molar-refractivity contribution is -0.144. The van der Waals surface area contributed by atoms with Crippen LogP contribution < -0.4 is 0 Å². The van der Waals surface area contributed by atoms with Crippen LogP contribution in [0.2, 0.25) is 0 Å². The summed E-state index contributed by atoms with van der Waals surface area (Å²) in [6.45, 7) is 5.01. The van der Waals surface area contributed by atoms with Crippen LogP contribution in [-0.4, -0.2) is 50.8 Å². The summed E-state index contributed by atoms with van der Waals surface area (Å²) in [6, 6.07) is -1.65. The Morgan fingerprint density at radius 2 is 1.79 bits per heavy atom. The Labute approximate surface area is 111 Å². The highest BCUT2D eigenvalue weighted by Crippen LogP contribution is 2.28. The third-order valence-electron chi connectivity index (χ3n) is 2.80. The second-order valence-electron chi connectivity index (χ2n) is 5.57. The molecule has 7 heteroatoms. The molecule has 0 aromatic rings. The van der Waals surface area contributed by atoms with Gasteiger partial charge >= 0.3 is 18.0 Å². The Balaban J connectivity index is 2.89. The smallest absolute Gasteiger partial charge is 0.411 e. The van der Waals surface area contributed by atoms with Crippen LogP contribution in [0.1, 0.15) is 40.0 Å². The van der Waals surface area contributed by atoms with E-state index < -0.39 is 35.7 Å². The lowest BCUT2D eigenvalue weighted by Crippen LogP contribution is -2.47. The number of carbonyl (C=O) groups is 3. The van der Waals surface area contributed by atoms with Crippen LogP contribution >= 0.6 is 0 Å². The van der Waals surface area contributed by atoms with E-state index in [1.165, 1.54) is 0 Å². The van der Waals surface area contributed by atoms with Crippen molar-refractivity contribution < 1.29 is 29.3 Å². The molecule has 0 saturated carbocycles. The predicted molar refractivity (Wildman–Crippen MR) is 64.8 cm³/mol. The fourth-order valence-corrected chi connectivity index (χ4v) is 2.12. The van der Waals surface area contributed by atoms with Crippen molar-refractivity contribution >= 4 is 18.0 Å². The number of hydrogen-bond donors (Lipinski definition) is 2. The van der Waals surface area contributed by atoms with Gasteiger partial charge in [0.2, 0.25) is 0 Å². The molecule has 19 heavy (non-hydrogen) atoms. The van der Waals surface area contributed by atoms with Gasteiger partial charge in [-0.2, -0.15) is 0 Å². The minimum atomic E-state index is -1.14. The van der Waals surface area contributed by atoms with E-state index in [4.69, 9.17) is 14.9 Å². The van der Waals surface area contributed by atoms with Gasteiger partial charge in [-0.15, -0.1) is 0 Å². The number of carboxylic acid groups (broad SMARTS) is 2. The maximum absolute atomic E-state index is 12.0. The van der Waals surface area contributed by atoms with Crippen molar-refractivity contribution in [2.75, 3.05) is 0 Å². The molecular weight excluding hydrogens is 254 g/mol. The first-order chi connectivity index (χ1) is 8.61. The molecule has 0 radical (unpaired) electrons. The van der Waals surface area contributed by atoms with Crippen LogP contribution in [-0.2, 0) is 14.3 Å². The van der Waals surface area contributed by atoms with E-state index >= 15 is 0 Å². The van der Waals surface area contributed by atoms with Crippen molar-refractivity contribution in [2.24, 2.45) is 0 Å². The molecule has 0 aliphatic carbocycles. The number of amides is 1. The highest BCUT2D eigenvalue weighted by atomic mass is 16.6. The van der Waals surface area contributed by atoms with E-state index in [0.29, 0.717) is 6.42 Å². The molecule has 0 bridgehead atoms. The lowest BCUT2D eigenvalue weighted by Gasteiger charge is -2.30. The average Bonchev–Trinajstić information content (AvgIpc) is 2.57. The van der Waals surface area contributed by atoms with E-state index in [1.807, 2.05) is 0 Å². The molecule has 7 nitrogen and oxygen atoms in total. The fourth-order valence-electron chi connectivity index (χ4n) is 2.12. The lowest BCUT2D eigenvalue weighted by atomic mass is 10.1. The summed E-state index contributed by atoms with van der Waals surface area (Å²) < 4.78 is 5.14. The number of nitrogens with zero attached hydrogens (tertiary/aromatic N) is 1. The van der Waals surface area contributed by atoms with Crippen LogP contribution in [0.15, 0.2) is 0 Å². The zero-order valence-corrected chi connectivity index (χ0v) is 11.3. The van der Waals surface area contributed by atoms with E-state index in [-0.39, 0.29) is 12.8 Å². The summed E-state index contributed by atoms with van der Waals surface area (Å²) in [5.41, 5.74) is -0.753. The van der Waals surface area contributed by atoms with Gasteiger partial charge in [0.25, 0.3) is 0 Å². The van der Waals surface area contributed by atoms with Gasteiger partial charge < -0.3 is 14.9 Å². The van der Waals surface area contributed by atoms with Crippen LogP contribution in [0.5, 0.6) is 0 Å². The van der Waals surface area contributed by atoms with Gasteiger partial charge in [-0.3, -0.25) is 9.69 Å². The van der Waals surface area contributed by atoms with E-state index in [9.17, 15) is 14.4 Å². The van der Waals surface area contributed by atoms with Gasteiger partial charge in [0, 0.05) is 6.04 Å². The molecule has 2 N–H and O–H groups in total. The first-order valence-electron chi connectivity index (χ1n) is 6.07. The highest BCUT2D eigenvalue weighted by Gasteiger charge is 2.43. The van der Waals surface area contributed by atoms with Gasteiger partial charge in [-0.25, -0.2) is 9.59 Å². The number of carboxylic acids is 2. The third-order valence-corrected chi connectivity index (χ3v) is 2.80. The van der Waals surface area contributed by atoms with E-state index in [0.717, 1.165) is 4.90 Å². The second kappa shape index (κ2) is 5.46. The molecule has 0 spiro atoms. The van der Waals surface area contributed by atoms with Gasteiger partial charge in [0.15, 0.2) is 0 Å². The van der Waals surface area contributed by atoms with E-state index in [2.05, 4.69) is 0 Å². The molecule has 1 rings (SSSR count). The first kappa shape index (κ1) is 15.3. The van der Waals surface area contributed by atoms with Crippen LogP contribution in [0.25, 0.3) is 0 Å². The van der Waals surface area contributed by atoms with Crippen LogP contribution in [0, 0.1) is 0 Å². The summed E-state index contributed by atoms with van der Waals surface area (Å²) in [5, 5.41) is 17.9. The molecule has 1 amide bonds. The van der Waals surface area contributed by atoms with Crippen molar-refractivity contribution in [3.63, 3.8) is 0 Å². The molecule has 2 atom stereocenters. The number of carbonyl (C=O) groups excluding carboxylic acids is 1. The normalized spacial score (nSPS) is 23.2. The standard InChI is InChI=1S/C12H19NO6/c1-12(2,3)19-11(18)13-7(6-9(14)15)4-5-8(13)10(16)17/h7-8H,4-6H2,1-3H3,(H,14,15)(H,16,17)/t7-,8+/m1/s1. The molecule has 1 saturated heterocycles. The minimum absolute atomic E-state index is 0.243. The third kappa shape index (κ3) is 4.11. The van der Waals surface area contributed by atoms with Crippen LogP contribution in [0.4, 0.5) is 4.79 Å². The van der Waals surface area contributed by atoms with Crippen molar-refractivity contribution in [1.29, 1.82) is 0 Å². The Morgan fingerprint density at radius 1 is 1.21 bits per heavy atom. The summed E-state index contributed by atoms with van der Waals surface area (Å²) in [7, 11) is 0. The van der Waals surface area contributed by atoms with Gasteiger partial charge in [-0.1, -0.05) is 0 Å². The maximum Gasteiger partial charge on any atom is 0.411 e. The molecule has 0 aromatic heterocycles. The topological polar surface area (TPSA) is 104 Å². The number of ether oxygens (including phenoxy) is 1. The number of hydrogen-bond acceptors (Lipinski definition) is 4. The summed E-state index contributed by atoms with van der Waals surface area (Å²) in [5.74, 6) is -2.21. The molecular formula is C12H19NO6.